The van der Waals surface area contributed by atoms with Crippen LogP contribution in [0.25, 0.3) is 11.3 Å². The van der Waals surface area contributed by atoms with Crippen molar-refractivity contribution in [3.63, 3.8) is 0 Å². The lowest BCUT2D eigenvalue weighted by Crippen LogP contribution is -2.40. The quantitative estimate of drug-likeness (QED) is 0.862. The van der Waals surface area contributed by atoms with Gasteiger partial charge >= 0.3 is 0 Å². The fraction of sp³-hybridized carbons (Fsp3) is 0.389. The third-order valence-electron chi connectivity index (χ3n) is 4.53. The maximum Gasteiger partial charge on any atom is 0.253 e. The van der Waals surface area contributed by atoms with E-state index in [9.17, 15) is 4.79 Å². The smallest absolute Gasteiger partial charge is 0.253 e. The van der Waals surface area contributed by atoms with Crippen molar-refractivity contribution >= 4 is 17.7 Å². The maximum absolute atomic E-state index is 12.7. The van der Waals surface area contributed by atoms with Gasteiger partial charge in [-0.05, 0) is 31.2 Å². The summed E-state index contributed by atoms with van der Waals surface area (Å²) in [5, 5.41) is 0.558. The molecule has 1 heterocycles. The monoisotopic (exact) mass is 327 g/mol. The average molecular weight is 327 g/mol. The van der Waals surface area contributed by atoms with Crippen LogP contribution in [0.3, 0.4) is 0 Å². The van der Waals surface area contributed by atoms with E-state index in [1.54, 1.807) is 18.6 Å². The van der Waals surface area contributed by atoms with Gasteiger partial charge in [0.15, 0.2) is 0 Å². The molecule has 23 heavy (non-hydrogen) atoms. The van der Waals surface area contributed by atoms with Crippen molar-refractivity contribution in [3.8, 4) is 11.3 Å². The van der Waals surface area contributed by atoms with Gasteiger partial charge in [0.05, 0.1) is 11.9 Å². The highest BCUT2D eigenvalue weighted by molar-refractivity contribution is 7.99. The topological polar surface area (TPSA) is 46.1 Å². The molecule has 4 nitrogen and oxygen atoms in total. The van der Waals surface area contributed by atoms with Crippen molar-refractivity contribution in [2.24, 2.45) is 0 Å². The summed E-state index contributed by atoms with van der Waals surface area (Å²) >= 11 is 1.87. The molecule has 5 heteroatoms. The van der Waals surface area contributed by atoms with E-state index in [0.29, 0.717) is 11.3 Å². The summed E-state index contributed by atoms with van der Waals surface area (Å²) in [5.74, 6) is 0.0987. The summed E-state index contributed by atoms with van der Waals surface area (Å²) in [4.78, 5) is 23.0. The fourth-order valence-corrected chi connectivity index (χ4v) is 4.25. The average Bonchev–Trinajstić information content (AvgIpc) is 3.10. The highest BCUT2D eigenvalue weighted by Crippen LogP contribution is 2.32. The van der Waals surface area contributed by atoms with E-state index >= 15 is 0 Å². The lowest BCUT2D eigenvalue weighted by atomic mass is 10.1. The van der Waals surface area contributed by atoms with Gasteiger partial charge in [-0.1, -0.05) is 18.6 Å². The highest BCUT2D eigenvalue weighted by atomic mass is 32.2. The van der Waals surface area contributed by atoms with E-state index in [4.69, 9.17) is 0 Å². The molecule has 1 fully saturated rings. The molecule has 1 aromatic carbocycles. The zero-order valence-electron chi connectivity index (χ0n) is 13.5. The summed E-state index contributed by atoms with van der Waals surface area (Å²) in [5.41, 5.74) is 2.52. The lowest BCUT2D eigenvalue weighted by molar-refractivity contribution is 0.0738. The Bertz CT molecular complexity index is 660. The van der Waals surface area contributed by atoms with Crippen molar-refractivity contribution in [3.05, 3.63) is 48.4 Å². The number of carbonyl (C=O) groups excluding carboxylic acids is 1. The van der Waals surface area contributed by atoms with Crippen molar-refractivity contribution in [1.29, 1.82) is 0 Å². The minimum Gasteiger partial charge on any atom is -0.338 e. The Balaban J connectivity index is 1.75. The summed E-state index contributed by atoms with van der Waals surface area (Å²) in [6.07, 6.45) is 10.7. The number of nitrogens with zero attached hydrogens (tertiary/aromatic N) is 3. The second-order valence-electron chi connectivity index (χ2n) is 5.86. The van der Waals surface area contributed by atoms with Crippen LogP contribution in [0, 0.1) is 0 Å². The standard InChI is InChI=1S/C18H21N3OS/c1-21(16-4-3-5-17(16)23-2)18(22)14-8-6-13(7-9-14)15-12-19-10-11-20-15/h6-12,16-17H,3-5H2,1-2H3/t16-,17-/m0/s1. The largest absolute Gasteiger partial charge is 0.338 e. The number of thioether (sulfide) groups is 1. The molecular formula is C18H21N3OS. The van der Waals surface area contributed by atoms with Crippen molar-refractivity contribution in [1.82, 2.24) is 14.9 Å². The van der Waals surface area contributed by atoms with Gasteiger partial charge in [-0.3, -0.25) is 14.8 Å². The Labute approximate surface area is 141 Å². The zero-order chi connectivity index (χ0) is 16.2. The Kier molecular flexibility index (Phi) is 4.96. The van der Waals surface area contributed by atoms with Crippen LogP contribution in [0.4, 0.5) is 0 Å². The number of carbonyl (C=O) groups is 1. The van der Waals surface area contributed by atoms with Crippen molar-refractivity contribution in [2.45, 2.75) is 30.6 Å². The number of hydrogen-bond acceptors (Lipinski definition) is 4. The Morgan fingerprint density at radius 2 is 2.00 bits per heavy atom. The lowest BCUT2D eigenvalue weighted by Gasteiger charge is -2.29. The van der Waals surface area contributed by atoms with E-state index < -0.39 is 0 Å². The molecule has 1 aliphatic rings. The van der Waals surface area contributed by atoms with Crippen molar-refractivity contribution < 1.29 is 4.79 Å². The molecule has 2 atom stereocenters. The molecule has 3 rings (SSSR count). The molecule has 120 valence electrons. The molecule has 0 saturated heterocycles. The number of rotatable bonds is 4. The summed E-state index contributed by atoms with van der Waals surface area (Å²) in [6.45, 7) is 0. The Morgan fingerprint density at radius 3 is 2.65 bits per heavy atom. The van der Waals surface area contributed by atoms with Gasteiger partial charge < -0.3 is 4.90 Å². The van der Waals surface area contributed by atoms with Crippen LogP contribution in [-0.4, -0.2) is 45.4 Å². The Hall–Kier alpha value is -1.88. The molecule has 1 aliphatic carbocycles. The van der Waals surface area contributed by atoms with Crippen LogP contribution < -0.4 is 0 Å². The summed E-state index contributed by atoms with van der Waals surface area (Å²) in [7, 11) is 1.93. The van der Waals surface area contributed by atoms with E-state index in [1.165, 1.54) is 12.8 Å². The Morgan fingerprint density at radius 1 is 1.22 bits per heavy atom. The number of hydrogen-bond donors (Lipinski definition) is 0. The molecule has 0 unspecified atom stereocenters. The summed E-state index contributed by atoms with van der Waals surface area (Å²) in [6, 6.07) is 7.98. The molecular weight excluding hydrogens is 306 g/mol. The van der Waals surface area contributed by atoms with Gasteiger partial charge in [-0.15, -0.1) is 0 Å². The van der Waals surface area contributed by atoms with Crippen LogP contribution in [-0.2, 0) is 0 Å². The van der Waals surface area contributed by atoms with Crippen LogP contribution in [0.15, 0.2) is 42.9 Å². The van der Waals surface area contributed by atoms with Gasteiger partial charge in [-0.25, -0.2) is 0 Å². The normalized spacial score (nSPS) is 20.4. The molecule has 2 aromatic rings. The van der Waals surface area contributed by atoms with Gasteiger partial charge in [0.2, 0.25) is 0 Å². The predicted molar refractivity (Wildman–Crippen MR) is 94.5 cm³/mol. The first-order valence-corrected chi connectivity index (χ1v) is 9.16. The third kappa shape index (κ3) is 3.39. The first-order valence-electron chi connectivity index (χ1n) is 7.87. The maximum atomic E-state index is 12.7. The number of amides is 1. The molecule has 1 aromatic heterocycles. The minimum atomic E-state index is 0.0987. The minimum absolute atomic E-state index is 0.0987. The van der Waals surface area contributed by atoms with Crippen LogP contribution in [0.5, 0.6) is 0 Å². The second-order valence-corrected chi connectivity index (χ2v) is 6.93. The fourth-order valence-electron chi connectivity index (χ4n) is 3.21. The first kappa shape index (κ1) is 16.0. The molecule has 1 amide bonds. The van der Waals surface area contributed by atoms with Gasteiger partial charge in [0, 0.05) is 41.9 Å². The molecule has 0 aliphatic heterocycles. The van der Waals surface area contributed by atoms with Gasteiger partial charge in [0.25, 0.3) is 5.91 Å². The van der Waals surface area contributed by atoms with Crippen LogP contribution in [0.2, 0.25) is 0 Å². The third-order valence-corrected chi connectivity index (χ3v) is 5.68. The van der Waals surface area contributed by atoms with Crippen molar-refractivity contribution in [2.75, 3.05) is 13.3 Å². The van der Waals surface area contributed by atoms with Crippen LogP contribution >= 0.6 is 11.8 Å². The molecule has 1 saturated carbocycles. The number of aromatic nitrogens is 2. The molecule has 0 radical (unpaired) electrons. The van der Waals surface area contributed by atoms with Crippen LogP contribution in [0.1, 0.15) is 29.6 Å². The second kappa shape index (κ2) is 7.13. The van der Waals surface area contributed by atoms with E-state index in [0.717, 1.165) is 23.2 Å². The first-order chi connectivity index (χ1) is 11.2. The number of benzene rings is 1. The van der Waals surface area contributed by atoms with E-state index in [1.807, 2.05) is 48.0 Å². The van der Waals surface area contributed by atoms with E-state index in [-0.39, 0.29) is 5.91 Å². The van der Waals surface area contributed by atoms with Gasteiger partial charge in [-0.2, -0.15) is 11.8 Å². The van der Waals surface area contributed by atoms with E-state index in [2.05, 4.69) is 16.2 Å². The molecule has 0 spiro atoms. The van der Waals surface area contributed by atoms with Gasteiger partial charge in [0.1, 0.15) is 0 Å². The molecule has 0 bridgehead atoms. The predicted octanol–water partition coefficient (Wildman–Crippen LogP) is 3.50. The SMILES string of the molecule is CS[C@H]1CCC[C@@H]1N(C)C(=O)c1ccc(-c2cnccn2)cc1. The molecule has 0 N–H and O–H groups in total. The summed E-state index contributed by atoms with van der Waals surface area (Å²) < 4.78 is 0. The highest BCUT2D eigenvalue weighted by Gasteiger charge is 2.32. The zero-order valence-corrected chi connectivity index (χ0v) is 14.3.